The van der Waals surface area contributed by atoms with E-state index in [0.717, 1.165) is 25.9 Å². The minimum atomic E-state index is -0.378. The van der Waals surface area contributed by atoms with Gasteiger partial charge >= 0.3 is 0 Å². The highest BCUT2D eigenvalue weighted by molar-refractivity contribution is 5.91. The molecule has 0 spiro atoms. The summed E-state index contributed by atoms with van der Waals surface area (Å²) in [6, 6.07) is 5.10. The predicted octanol–water partition coefficient (Wildman–Crippen LogP) is 2.30. The second-order valence-electron chi connectivity index (χ2n) is 6.50. The minimum absolute atomic E-state index is 0. The second-order valence-corrected chi connectivity index (χ2v) is 6.50. The molecule has 1 aromatic carbocycles. The van der Waals surface area contributed by atoms with Gasteiger partial charge in [-0.15, -0.1) is 29.9 Å². The Morgan fingerprint density at radius 3 is 2.76 bits per heavy atom. The molecule has 8 nitrogen and oxygen atoms in total. The van der Waals surface area contributed by atoms with Crippen molar-refractivity contribution in [3.05, 3.63) is 60.2 Å². The topological polar surface area (TPSA) is 89.7 Å². The molecule has 0 radical (unpaired) electrons. The number of aromatic nitrogens is 5. The number of piperidine rings is 1. The van der Waals surface area contributed by atoms with E-state index in [1.54, 1.807) is 40.0 Å². The van der Waals surface area contributed by atoms with Gasteiger partial charge in [0, 0.05) is 18.9 Å². The summed E-state index contributed by atoms with van der Waals surface area (Å²) in [6.45, 7) is 2.08. The van der Waals surface area contributed by atoms with Crippen LogP contribution in [0.3, 0.4) is 0 Å². The molecule has 1 aliphatic rings. The van der Waals surface area contributed by atoms with Crippen LogP contribution in [0.2, 0.25) is 0 Å². The van der Waals surface area contributed by atoms with Crippen molar-refractivity contribution in [3.63, 3.8) is 0 Å². The van der Waals surface area contributed by atoms with Crippen molar-refractivity contribution in [3.8, 4) is 5.69 Å². The van der Waals surface area contributed by atoms with Crippen LogP contribution in [0.4, 0.5) is 4.39 Å². The molecule has 11 heteroatoms. The van der Waals surface area contributed by atoms with Crippen molar-refractivity contribution in [1.82, 2.24) is 35.2 Å². The predicted molar refractivity (Wildman–Crippen MR) is 110 cm³/mol. The number of amides is 1. The number of benzene rings is 1. The molecule has 0 atom stereocenters. The summed E-state index contributed by atoms with van der Waals surface area (Å²) >= 11 is 0. The van der Waals surface area contributed by atoms with Gasteiger partial charge in [0.05, 0.1) is 24.3 Å². The Balaban J connectivity index is 0.00000150. The highest BCUT2D eigenvalue weighted by Crippen LogP contribution is 2.17. The molecule has 0 aliphatic carbocycles. The van der Waals surface area contributed by atoms with Gasteiger partial charge in [0.25, 0.3) is 5.91 Å². The van der Waals surface area contributed by atoms with E-state index in [2.05, 4.69) is 25.9 Å². The quantitative estimate of drug-likeness (QED) is 0.633. The number of nitrogens with zero attached hydrogens (tertiary/aromatic N) is 5. The molecule has 2 N–H and O–H groups in total. The lowest BCUT2D eigenvalue weighted by Gasteiger charge is -2.22. The van der Waals surface area contributed by atoms with Crippen molar-refractivity contribution in [1.29, 1.82) is 0 Å². The Morgan fingerprint density at radius 1 is 1.28 bits per heavy atom. The normalized spacial score (nSPS) is 14.0. The molecule has 1 aliphatic heterocycles. The van der Waals surface area contributed by atoms with Crippen molar-refractivity contribution >= 4 is 30.7 Å². The maximum absolute atomic E-state index is 14.3. The van der Waals surface area contributed by atoms with E-state index in [1.807, 2.05) is 0 Å². The first-order chi connectivity index (χ1) is 13.2. The fourth-order valence-corrected chi connectivity index (χ4v) is 3.17. The molecule has 29 heavy (non-hydrogen) atoms. The van der Waals surface area contributed by atoms with Crippen LogP contribution in [0.1, 0.15) is 34.9 Å². The summed E-state index contributed by atoms with van der Waals surface area (Å²) in [7, 11) is 0. The first-order valence-corrected chi connectivity index (χ1v) is 8.88. The van der Waals surface area contributed by atoms with Gasteiger partial charge < -0.3 is 15.2 Å². The summed E-state index contributed by atoms with van der Waals surface area (Å²) in [4.78, 5) is 16.2. The molecule has 0 bridgehead atoms. The monoisotopic (exact) mass is 441 g/mol. The molecular formula is C18H22Cl2FN7O. The molecule has 156 valence electrons. The highest BCUT2D eigenvalue weighted by Gasteiger charge is 2.18. The van der Waals surface area contributed by atoms with Gasteiger partial charge in [0.2, 0.25) is 0 Å². The van der Waals surface area contributed by atoms with Gasteiger partial charge in [-0.05, 0) is 43.6 Å². The summed E-state index contributed by atoms with van der Waals surface area (Å²) < 4.78 is 17.6. The van der Waals surface area contributed by atoms with E-state index in [9.17, 15) is 9.18 Å². The zero-order valence-electron chi connectivity index (χ0n) is 15.5. The van der Waals surface area contributed by atoms with Crippen LogP contribution in [0.15, 0.2) is 43.1 Å². The maximum atomic E-state index is 14.3. The van der Waals surface area contributed by atoms with Crippen molar-refractivity contribution in [2.45, 2.75) is 25.4 Å². The number of nitrogens with one attached hydrogen (secondary N) is 2. The molecule has 1 saturated heterocycles. The minimum Gasteiger partial charge on any atom is -0.347 e. The van der Waals surface area contributed by atoms with E-state index in [0.29, 0.717) is 11.3 Å². The molecule has 3 aromatic rings. The third kappa shape index (κ3) is 5.31. The van der Waals surface area contributed by atoms with Crippen LogP contribution in [0.5, 0.6) is 0 Å². The fourth-order valence-electron chi connectivity index (χ4n) is 3.17. The molecule has 4 rings (SSSR count). The maximum Gasteiger partial charge on any atom is 0.273 e. The summed E-state index contributed by atoms with van der Waals surface area (Å²) in [5, 5.41) is 14.1. The molecule has 0 unspecified atom stereocenters. The number of carbonyl (C=O) groups is 1. The van der Waals surface area contributed by atoms with Crippen LogP contribution >= 0.6 is 24.8 Å². The first kappa shape index (κ1) is 22.8. The van der Waals surface area contributed by atoms with Crippen LogP contribution in [-0.4, -0.2) is 43.5 Å². The lowest BCUT2D eigenvalue weighted by atomic mass is 10.1. The van der Waals surface area contributed by atoms with Gasteiger partial charge in [-0.2, -0.15) is 0 Å². The third-order valence-corrected chi connectivity index (χ3v) is 4.67. The fraction of sp³-hybridized carbons (Fsp3) is 0.333. The van der Waals surface area contributed by atoms with Gasteiger partial charge in [-0.3, -0.25) is 4.79 Å². The zero-order valence-corrected chi connectivity index (χ0v) is 17.1. The Bertz CT molecular complexity index is 926. The number of hydrogen-bond donors (Lipinski definition) is 2. The molecule has 0 saturated carbocycles. The Hall–Kier alpha value is -2.49. The standard InChI is InChI=1S/C18H20FN7O.2ClH/c19-15-9-13(1-2-17(15)25-8-7-21-12-25)10-22-18(27)16-11-26(24-23-16)14-3-5-20-6-4-14;;/h1-2,7-9,11-12,14,20H,3-6,10H2,(H,22,27);2*1H. The highest BCUT2D eigenvalue weighted by atomic mass is 35.5. The number of rotatable bonds is 5. The van der Waals surface area contributed by atoms with Gasteiger partial charge in [-0.25, -0.2) is 14.1 Å². The Kier molecular flexibility index (Phi) is 8.12. The Labute approximate surface area is 179 Å². The first-order valence-electron chi connectivity index (χ1n) is 8.88. The largest absolute Gasteiger partial charge is 0.347 e. The SMILES string of the molecule is Cl.Cl.O=C(NCc1ccc(-n2ccnc2)c(F)c1)c1cn(C2CCNCC2)nn1. The molecule has 2 aromatic heterocycles. The van der Waals surface area contributed by atoms with Gasteiger partial charge in [-0.1, -0.05) is 11.3 Å². The molecule has 3 heterocycles. The number of carbonyl (C=O) groups excluding carboxylic acids is 1. The van der Waals surface area contributed by atoms with Crippen LogP contribution < -0.4 is 10.6 Å². The third-order valence-electron chi connectivity index (χ3n) is 4.67. The van der Waals surface area contributed by atoms with Crippen LogP contribution in [0.25, 0.3) is 5.69 Å². The lowest BCUT2D eigenvalue weighted by molar-refractivity contribution is 0.0945. The summed E-state index contributed by atoms with van der Waals surface area (Å²) in [6.07, 6.45) is 8.40. The van der Waals surface area contributed by atoms with Gasteiger partial charge in [0.1, 0.15) is 5.82 Å². The number of imidazole rings is 1. The van der Waals surface area contributed by atoms with Crippen molar-refractivity contribution in [2.24, 2.45) is 0 Å². The number of hydrogen-bond acceptors (Lipinski definition) is 5. The van der Waals surface area contributed by atoms with E-state index in [4.69, 9.17) is 0 Å². The van der Waals surface area contributed by atoms with E-state index in [-0.39, 0.29) is 54.8 Å². The number of halogens is 3. The molecule has 1 amide bonds. The zero-order chi connectivity index (χ0) is 18.6. The smallest absolute Gasteiger partial charge is 0.273 e. The van der Waals surface area contributed by atoms with Crippen LogP contribution in [-0.2, 0) is 6.54 Å². The summed E-state index contributed by atoms with van der Waals surface area (Å²) in [5.74, 6) is -0.703. The van der Waals surface area contributed by atoms with E-state index < -0.39 is 0 Å². The average molecular weight is 442 g/mol. The van der Waals surface area contributed by atoms with Gasteiger partial charge in [0.15, 0.2) is 5.69 Å². The summed E-state index contributed by atoms with van der Waals surface area (Å²) in [5.41, 5.74) is 1.34. The average Bonchev–Trinajstić information content (AvgIpc) is 3.39. The molecular weight excluding hydrogens is 420 g/mol. The van der Waals surface area contributed by atoms with Crippen molar-refractivity contribution < 1.29 is 9.18 Å². The second kappa shape index (κ2) is 10.3. The lowest BCUT2D eigenvalue weighted by Crippen LogP contribution is -2.29. The van der Waals surface area contributed by atoms with E-state index >= 15 is 0 Å². The molecule has 1 fully saturated rings. The van der Waals surface area contributed by atoms with E-state index in [1.165, 1.54) is 12.4 Å². The van der Waals surface area contributed by atoms with Crippen molar-refractivity contribution in [2.75, 3.05) is 13.1 Å². The Morgan fingerprint density at radius 2 is 2.07 bits per heavy atom. The van der Waals surface area contributed by atoms with Crippen LogP contribution in [0, 0.1) is 5.82 Å².